The molecule has 53 heavy (non-hydrogen) atoms. The van der Waals surface area contributed by atoms with Crippen LogP contribution in [0.25, 0.3) is 71.7 Å². The van der Waals surface area contributed by atoms with Crippen molar-refractivity contribution in [1.82, 2.24) is 4.57 Å². The Morgan fingerprint density at radius 1 is 0.566 bits per heavy atom. The number of anilines is 2. The smallest absolute Gasteiger partial charge is 0.135 e. The number of nitrogens with zero attached hydrogens (tertiary/aromatic N) is 2. The predicted octanol–water partition coefficient (Wildman–Crippen LogP) is 14.1. The van der Waals surface area contributed by atoms with Gasteiger partial charge in [-0.2, -0.15) is 0 Å². The van der Waals surface area contributed by atoms with Crippen molar-refractivity contribution in [3.63, 3.8) is 0 Å². The van der Waals surface area contributed by atoms with E-state index >= 15 is 0 Å². The van der Waals surface area contributed by atoms with Gasteiger partial charge in [0.1, 0.15) is 11.2 Å². The van der Waals surface area contributed by atoms with Gasteiger partial charge in [0.25, 0.3) is 0 Å². The molecule has 0 aliphatic rings. The van der Waals surface area contributed by atoms with Crippen LogP contribution in [0, 0.1) is 6.92 Å². The van der Waals surface area contributed by atoms with Crippen molar-refractivity contribution >= 4 is 55.1 Å². The Morgan fingerprint density at radius 3 is 1.89 bits per heavy atom. The largest absolute Gasteiger partial charge is 0.456 e. The molecule has 0 saturated carbocycles. The summed E-state index contributed by atoms with van der Waals surface area (Å²) < 4.78 is 8.74. The molecule has 0 radical (unpaired) electrons. The Morgan fingerprint density at radius 2 is 1.17 bits per heavy atom. The molecule has 0 aliphatic heterocycles. The minimum atomic E-state index is 0.881. The molecule has 9 aromatic rings. The highest BCUT2D eigenvalue weighted by Gasteiger charge is 2.17. The van der Waals surface area contributed by atoms with E-state index in [1.165, 1.54) is 27.4 Å². The fourth-order valence-electron chi connectivity index (χ4n) is 7.61. The normalized spacial score (nSPS) is 11.9. The van der Waals surface area contributed by atoms with Crippen molar-refractivity contribution in [2.45, 2.75) is 13.8 Å². The summed E-state index contributed by atoms with van der Waals surface area (Å²) >= 11 is 0. The Balaban J connectivity index is 1.11. The van der Waals surface area contributed by atoms with Gasteiger partial charge in [0.2, 0.25) is 0 Å². The summed E-state index contributed by atoms with van der Waals surface area (Å²) in [5, 5.41) is 4.71. The molecule has 0 saturated heterocycles. The van der Waals surface area contributed by atoms with E-state index in [0.29, 0.717) is 0 Å². The number of benzene rings is 7. The van der Waals surface area contributed by atoms with Gasteiger partial charge in [0.05, 0.1) is 11.0 Å². The summed E-state index contributed by atoms with van der Waals surface area (Å²) in [4.78, 5) is 2.23. The van der Waals surface area contributed by atoms with Crippen molar-refractivity contribution in [3.05, 3.63) is 200 Å². The summed E-state index contributed by atoms with van der Waals surface area (Å²) in [6.07, 6.45) is 8.14. The summed E-state index contributed by atoms with van der Waals surface area (Å²) in [6.45, 7) is 8.62. The van der Waals surface area contributed by atoms with Gasteiger partial charge in [-0.15, -0.1) is 0 Å². The molecule has 0 amide bonds. The van der Waals surface area contributed by atoms with Gasteiger partial charge in [-0.05, 0) is 114 Å². The van der Waals surface area contributed by atoms with E-state index in [1.807, 2.05) is 25.2 Å². The summed E-state index contributed by atoms with van der Waals surface area (Å²) in [5.74, 6) is 0. The SMILES string of the molecule is C=C(/C=C\C=C/C)N(c1cccc(-c2cccc(-c3ccc4oc5ccc(-n6c7ccccc7c7ccccc76)cc5c4c3)c2)c1)c1ccccc1C. The highest BCUT2D eigenvalue weighted by Crippen LogP contribution is 2.39. The third-order valence-electron chi connectivity index (χ3n) is 10.2. The van der Waals surface area contributed by atoms with Gasteiger partial charge < -0.3 is 13.9 Å². The van der Waals surface area contributed by atoms with Crippen molar-refractivity contribution in [2.75, 3.05) is 4.90 Å². The first-order chi connectivity index (χ1) is 26.1. The van der Waals surface area contributed by atoms with E-state index in [-0.39, 0.29) is 0 Å². The quantitative estimate of drug-likeness (QED) is 0.149. The highest BCUT2D eigenvalue weighted by molar-refractivity contribution is 6.11. The molecule has 3 nitrogen and oxygen atoms in total. The minimum Gasteiger partial charge on any atom is -0.456 e. The van der Waals surface area contributed by atoms with Gasteiger partial charge in [-0.3, -0.25) is 0 Å². The van der Waals surface area contributed by atoms with E-state index in [2.05, 4.69) is 187 Å². The number of hydrogen-bond acceptors (Lipinski definition) is 2. The maximum Gasteiger partial charge on any atom is 0.135 e. The zero-order valence-corrected chi connectivity index (χ0v) is 29.8. The van der Waals surface area contributed by atoms with Gasteiger partial charge in [-0.1, -0.05) is 116 Å². The lowest BCUT2D eigenvalue weighted by molar-refractivity contribution is 0.669. The Labute approximate surface area is 309 Å². The average molecular weight is 683 g/mol. The van der Waals surface area contributed by atoms with Crippen LogP contribution in [0.3, 0.4) is 0 Å². The zero-order chi connectivity index (χ0) is 35.9. The molecular weight excluding hydrogens is 645 g/mol. The van der Waals surface area contributed by atoms with E-state index < -0.39 is 0 Å². The number of fused-ring (bicyclic) bond motifs is 6. The van der Waals surface area contributed by atoms with Crippen LogP contribution >= 0.6 is 0 Å². The Bertz CT molecular complexity index is 2850. The molecule has 0 bridgehead atoms. The number of hydrogen-bond donors (Lipinski definition) is 0. The maximum atomic E-state index is 6.38. The predicted molar refractivity (Wildman–Crippen MR) is 225 cm³/mol. The number of para-hydroxylation sites is 3. The van der Waals surface area contributed by atoms with Gasteiger partial charge >= 0.3 is 0 Å². The summed E-state index contributed by atoms with van der Waals surface area (Å²) in [5.41, 5.74) is 14.1. The molecule has 0 spiro atoms. The van der Waals surface area contributed by atoms with Gasteiger partial charge in [0.15, 0.2) is 0 Å². The van der Waals surface area contributed by atoms with Crippen molar-refractivity contribution in [3.8, 4) is 27.9 Å². The molecular formula is C50H38N2O. The standard InChI is InChI=1S/C50H38N2O/c1-4-5-6-16-35(3)51(46-23-10-7-15-34(46)2)40-20-14-19-38(31-40)36-17-13-18-37(30-36)39-26-28-49-44(32-39)45-33-41(27-29-50(45)53-49)52-47-24-11-8-21-42(47)43-22-9-12-25-48(43)52/h4-33H,3H2,1-2H3/b5-4-,16-6-. The molecule has 0 aliphatic carbocycles. The number of furan rings is 1. The number of aryl methyl sites for hydroxylation is 1. The van der Waals surface area contributed by atoms with E-state index in [4.69, 9.17) is 4.42 Å². The first kappa shape index (κ1) is 32.1. The third kappa shape index (κ3) is 5.73. The van der Waals surface area contributed by atoms with Crippen molar-refractivity contribution in [2.24, 2.45) is 0 Å². The van der Waals surface area contributed by atoms with Crippen LogP contribution in [0.1, 0.15) is 12.5 Å². The topological polar surface area (TPSA) is 21.3 Å². The number of allylic oxidation sites excluding steroid dienone is 4. The van der Waals surface area contributed by atoms with Crippen LogP contribution in [0.2, 0.25) is 0 Å². The lowest BCUT2D eigenvalue weighted by Crippen LogP contribution is -2.15. The van der Waals surface area contributed by atoms with Gasteiger partial charge in [0, 0.05) is 44.3 Å². The lowest BCUT2D eigenvalue weighted by Gasteiger charge is -2.27. The monoisotopic (exact) mass is 682 g/mol. The molecule has 0 fully saturated rings. The van der Waals surface area contributed by atoms with Crippen LogP contribution in [0.4, 0.5) is 11.4 Å². The van der Waals surface area contributed by atoms with E-state index in [0.717, 1.165) is 67.0 Å². The maximum absolute atomic E-state index is 6.38. The second-order valence-electron chi connectivity index (χ2n) is 13.5. The molecule has 3 heteroatoms. The lowest BCUT2D eigenvalue weighted by atomic mass is 9.97. The van der Waals surface area contributed by atoms with Crippen LogP contribution in [-0.2, 0) is 0 Å². The zero-order valence-electron chi connectivity index (χ0n) is 29.8. The van der Waals surface area contributed by atoms with Crippen molar-refractivity contribution < 1.29 is 4.42 Å². The minimum absolute atomic E-state index is 0.881. The van der Waals surface area contributed by atoms with Crippen LogP contribution in [0.15, 0.2) is 199 Å². The molecule has 2 heterocycles. The third-order valence-corrected chi connectivity index (χ3v) is 10.2. The molecule has 9 rings (SSSR count). The van der Waals surface area contributed by atoms with E-state index in [9.17, 15) is 0 Å². The average Bonchev–Trinajstić information content (AvgIpc) is 3.74. The first-order valence-corrected chi connectivity index (χ1v) is 18.1. The molecule has 254 valence electrons. The fraction of sp³-hybridized carbons (Fsp3) is 0.0400. The molecule has 7 aromatic carbocycles. The molecule has 0 atom stereocenters. The molecule has 2 aromatic heterocycles. The van der Waals surface area contributed by atoms with Crippen LogP contribution in [0.5, 0.6) is 0 Å². The second-order valence-corrected chi connectivity index (χ2v) is 13.5. The van der Waals surface area contributed by atoms with Crippen LogP contribution in [-0.4, -0.2) is 4.57 Å². The Hall–Kier alpha value is -6.84. The van der Waals surface area contributed by atoms with Crippen LogP contribution < -0.4 is 4.90 Å². The highest BCUT2D eigenvalue weighted by atomic mass is 16.3. The molecule has 0 N–H and O–H groups in total. The van der Waals surface area contributed by atoms with E-state index in [1.54, 1.807) is 0 Å². The number of aromatic nitrogens is 1. The second kappa shape index (κ2) is 13.4. The molecule has 0 unspecified atom stereocenters. The fourth-order valence-corrected chi connectivity index (χ4v) is 7.61. The number of rotatable bonds is 8. The van der Waals surface area contributed by atoms with Gasteiger partial charge in [-0.25, -0.2) is 0 Å². The van der Waals surface area contributed by atoms with Crippen molar-refractivity contribution in [1.29, 1.82) is 0 Å². The summed E-state index contributed by atoms with van der Waals surface area (Å²) in [7, 11) is 0. The summed E-state index contributed by atoms with van der Waals surface area (Å²) in [6, 6.07) is 56.3. The first-order valence-electron chi connectivity index (χ1n) is 18.1. The Kier molecular flexibility index (Phi) is 8.10.